The predicted octanol–water partition coefficient (Wildman–Crippen LogP) is -0.214. The van der Waals surface area contributed by atoms with E-state index in [-0.39, 0.29) is 38.4 Å². The Bertz CT molecular complexity index is 256. The van der Waals surface area contributed by atoms with Crippen molar-refractivity contribution in [1.29, 1.82) is 0 Å². The van der Waals surface area contributed by atoms with Crippen LogP contribution in [0.25, 0.3) is 0 Å². The molecule has 4 nitrogen and oxygen atoms in total. The van der Waals surface area contributed by atoms with E-state index in [9.17, 15) is 0 Å². The van der Waals surface area contributed by atoms with Crippen LogP contribution in [0.3, 0.4) is 0 Å². The summed E-state index contributed by atoms with van der Waals surface area (Å²) in [5.41, 5.74) is 0.215. The Balaban J connectivity index is 0.000001000. The van der Waals surface area contributed by atoms with Crippen LogP contribution in [-0.2, 0) is 32.7 Å². The molecule has 0 fully saturated rings. The molecule has 0 aliphatic carbocycles. The second-order valence-corrected chi connectivity index (χ2v) is 2.15. The fourth-order valence-electron chi connectivity index (χ4n) is 0.454. The van der Waals surface area contributed by atoms with Gasteiger partial charge in [0.25, 0.3) is 5.95 Å². The Hall–Kier alpha value is 0.279. The molecular weight excluding hydrogens is 235 g/mol. The summed E-state index contributed by atoms with van der Waals surface area (Å²) in [4.78, 5) is 11.1. The molecule has 0 saturated heterocycles. The number of aromatic nitrogens is 3. The Labute approximate surface area is 92.8 Å². The van der Waals surface area contributed by atoms with Crippen molar-refractivity contribution in [3.63, 3.8) is 0 Å². The third-order valence-electron chi connectivity index (χ3n) is 0.790. The molecule has 0 spiro atoms. The first-order valence-electron chi connectivity index (χ1n) is 2.65. The molecular formula is C4H5BN4PY+. The van der Waals surface area contributed by atoms with E-state index in [0.717, 1.165) is 0 Å². The second-order valence-electron chi connectivity index (χ2n) is 1.48. The van der Waals surface area contributed by atoms with Gasteiger partial charge in [0.1, 0.15) is 13.0 Å². The van der Waals surface area contributed by atoms with Crippen LogP contribution in [0.1, 0.15) is 0 Å². The van der Waals surface area contributed by atoms with Crippen LogP contribution < -0.4 is 5.72 Å². The van der Waals surface area contributed by atoms with Gasteiger partial charge in [-0.3, -0.25) is 0 Å². The summed E-state index contributed by atoms with van der Waals surface area (Å²) in [6.45, 7) is 1.93. The summed E-state index contributed by atoms with van der Waals surface area (Å²) in [6.07, 6.45) is 1.35. The van der Waals surface area contributed by atoms with Gasteiger partial charge < -0.3 is 0 Å². The Morgan fingerprint density at radius 3 is 2.82 bits per heavy atom. The molecule has 0 N–H and O–H groups in total. The van der Waals surface area contributed by atoms with E-state index in [2.05, 4.69) is 19.7 Å². The zero-order chi connectivity index (χ0) is 7.40. The van der Waals surface area contributed by atoms with E-state index in [1.54, 1.807) is 0 Å². The molecule has 0 aromatic carbocycles. The van der Waals surface area contributed by atoms with Crippen molar-refractivity contribution in [2.45, 2.75) is 0 Å². The molecule has 7 heteroatoms. The van der Waals surface area contributed by atoms with Crippen molar-refractivity contribution in [1.82, 2.24) is 15.0 Å². The van der Waals surface area contributed by atoms with Crippen LogP contribution in [0.5, 0.6) is 0 Å². The van der Waals surface area contributed by atoms with Crippen LogP contribution in [0.2, 0.25) is 0 Å². The van der Waals surface area contributed by atoms with Gasteiger partial charge in [-0.05, 0) is 4.74 Å². The van der Waals surface area contributed by atoms with Crippen LogP contribution >= 0.6 is 8.37 Å². The normalized spacial score (nSPS) is 9.55. The maximum Gasteiger partial charge on any atom is 0.294 e. The number of hydrogen-bond donors (Lipinski definition) is 0. The molecule has 1 aromatic heterocycles. The maximum atomic E-state index is 5.27. The molecule has 0 bridgehead atoms. The zero-order valence-corrected chi connectivity index (χ0v) is 9.86. The largest absolute Gasteiger partial charge is 0.294 e. The van der Waals surface area contributed by atoms with Crippen molar-refractivity contribution in [3.8, 4) is 0 Å². The van der Waals surface area contributed by atoms with Gasteiger partial charge in [-0.15, -0.1) is 0 Å². The van der Waals surface area contributed by atoms with E-state index in [1.165, 1.54) is 6.33 Å². The molecule has 3 radical (unpaired) electrons. The summed E-state index contributed by atoms with van der Waals surface area (Å²) < 4.78 is 3.95. The topological polar surface area (TPSA) is 51.0 Å². The SMILES string of the molecule is [B]c1ncnc(N=[PH+]C)n1.[Y]. The Morgan fingerprint density at radius 1 is 1.55 bits per heavy atom. The van der Waals surface area contributed by atoms with E-state index in [1.807, 2.05) is 6.66 Å². The summed E-state index contributed by atoms with van der Waals surface area (Å²) in [7, 11) is 5.72. The van der Waals surface area contributed by atoms with Gasteiger partial charge in [0.15, 0.2) is 16.2 Å². The molecule has 1 unspecified atom stereocenters. The molecule has 11 heavy (non-hydrogen) atoms. The van der Waals surface area contributed by atoms with E-state index < -0.39 is 0 Å². The number of hydrogen-bond acceptors (Lipinski definition) is 4. The molecule has 51 valence electrons. The molecule has 1 aromatic rings. The first-order valence-corrected chi connectivity index (χ1v) is 4.09. The van der Waals surface area contributed by atoms with E-state index >= 15 is 0 Å². The van der Waals surface area contributed by atoms with Crippen molar-refractivity contribution in [3.05, 3.63) is 6.33 Å². The first-order chi connectivity index (χ1) is 4.83. The van der Waals surface area contributed by atoms with Gasteiger partial charge in [-0.25, -0.2) is 9.97 Å². The predicted molar refractivity (Wildman–Crippen MR) is 41.5 cm³/mol. The maximum absolute atomic E-state index is 5.27. The minimum Gasteiger partial charge on any atom is -0.234 e. The van der Waals surface area contributed by atoms with E-state index in [0.29, 0.717) is 14.3 Å². The standard InChI is InChI=1S/C4H4BN4P.Y/c1-10-9-4-7-2-6-3(5)8-4;/h2H,1H3;/p+1. The summed E-state index contributed by atoms with van der Waals surface area (Å²) in [5.74, 6) is 0.410. The molecule has 1 heterocycles. The van der Waals surface area contributed by atoms with Crippen molar-refractivity contribution in [2.24, 2.45) is 4.74 Å². The van der Waals surface area contributed by atoms with Crippen molar-refractivity contribution >= 4 is 27.9 Å². The van der Waals surface area contributed by atoms with Crippen molar-refractivity contribution < 1.29 is 32.7 Å². The molecule has 0 amide bonds. The average Bonchev–Trinajstić information content (AvgIpc) is 1.88. The monoisotopic (exact) mass is 240 g/mol. The third-order valence-corrected chi connectivity index (χ3v) is 1.21. The van der Waals surface area contributed by atoms with Crippen LogP contribution in [0.4, 0.5) is 5.95 Å². The molecule has 1 rings (SSSR count). The minimum atomic E-state index is 0. The fourth-order valence-corrected chi connectivity index (χ4v) is 0.761. The summed E-state index contributed by atoms with van der Waals surface area (Å²) in [6, 6.07) is 0. The van der Waals surface area contributed by atoms with Crippen LogP contribution in [0, 0.1) is 0 Å². The quantitative estimate of drug-likeness (QED) is 0.503. The third kappa shape index (κ3) is 4.00. The zero-order valence-electron chi connectivity index (χ0n) is 6.02. The molecule has 1 atom stereocenters. The van der Waals surface area contributed by atoms with Crippen LogP contribution in [-0.4, -0.2) is 29.5 Å². The van der Waals surface area contributed by atoms with Gasteiger partial charge in [0.2, 0.25) is 0 Å². The Morgan fingerprint density at radius 2 is 2.27 bits per heavy atom. The minimum absolute atomic E-state index is 0. The summed E-state index contributed by atoms with van der Waals surface area (Å²) >= 11 is 0. The van der Waals surface area contributed by atoms with Gasteiger partial charge in [-0.2, -0.15) is 4.98 Å². The smallest absolute Gasteiger partial charge is 0.234 e. The van der Waals surface area contributed by atoms with Gasteiger partial charge in [0, 0.05) is 32.7 Å². The molecule has 0 saturated carbocycles. The summed E-state index contributed by atoms with van der Waals surface area (Å²) in [5, 5.41) is 0. The van der Waals surface area contributed by atoms with Gasteiger partial charge in [-0.1, -0.05) is 0 Å². The second kappa shape index (κ2) is 5.87. The van der Waals surface area contributed by atoms with Gasteiger partial charge >= 0.3 is 0 Å². The average molecular weight is 240 g/mol. The fraction of sp³-hybridized carbons (Fsp3) is 0.250. The molecule has 0 aliphatic rings. The first kappa shape index (κ1) is 11.3. The van der Waals surface area contributed by atoms with Crippen LogP contribution in [0.15, 0.2) is 11.1 Å². The van der Waals surface area contributed by atoms with Crippen molar-refractivity contribution in [2.75, 3.05) is 6.66 Å². The Kier molecular flexibility index (Phi) is 6.02. The molecule has 0 aliphatic heterocycles. The number of rotatable bonds is 1. The van der Waals surface area contributed by atoms with Gasteiger partial charge in [0.05, 0.1) is 5.72 Å². The van der Waals surface area contributed by atoms with E-state index in [4.69, 9.17) is 7.85 Å². The number of nitrogens with zero attached hydrogens (tertiary/aromatic N) is 4.